The van der Waals surface area contributed by atoms with Gasteiger partial charge in [-0.25, -0.2) is 9.18 Å². The lowest BCUT2D eigenvalue weighted by Gasteiger charge is -2.31. The maximum Gasteiger partial charge on any atom is 0.321 e. The van der Waals surface area contributed by atoms with Gasteiger partial charge in [0.2, 0.25) is 5.91 Å². The number of carbonyl (C=O) groups excluding carboxylic acids is 2. The van der Waals surface area contributed by atoms with E-state index in [0.29, 0.717) is 26.1 Å². The zero-order chi connectivity index (χ0) is 19.9. The lowest BCUT2D eigenvalue weighted by atomic mass is 9.93. The molecule has 0 unspecified atom stereocenters. The van der Waals surface area contributed by atoms with Crippen molar-refractivity contribution < 1.29 is 14.0 Å². The van der Waals surface area contributed by atoms with Gasteiger partial charge in [0.05, 0.1) is 0 Å². The number of urea groups is 1. The molecule has 3 rings (SSSR count). The van der Waals surface area contributed by atoms with E-state index in [9.17, 15) is 14.0 Å². The molecule has 0 aliphatic carbocycles. The molecule has 1 fully saturated rings. The monoisotopic (exact) mass is 383 g/mol. The van der Waals surface area contributed by atoms with Crippen molar-refractivity contribution in [3.8, 4) is 0 Å². The van der Waals surface area contributed by atoms with E-state index in [1.54, 1.807) is 17.0 Å². The number of hydrogen-bond acceptors (Lipinski definition) is 2. The molecule has 0 radical (unpaired) electrons. The number of anilines is 1. The molecule has 28 heavy (non-hydrogen) atoms. The number of piperidine rings is 1. The second kappa shape index (κ2) is 9.35. The van der Waals surface area contributed by atoms with E-state index in [1.165, 1.54) is 12.1 Å². The van der Waals surface area contributed by atoms with E-state index in [-0.39, 0.29) is 23.7 Å². The number of nitrogens with one attached hydrogen (secondary N) is 2. The summed E-state index contributed by atoms with van der Waals surface area (Å²) in [4.78, 5) is 26.3. The minimum absolute atomic E-state index is 0.00752. The number of likely N-dealkylation sites (tertiary alicyclic amines) is 1. The minimum Gasteiger partial charge on any atom is -0.352 e. The largest absolute Gasteiger partial charge is 0.352 e. The van der Waals surface area contributed by atoms with Crippen LogP contribution in [0.4, 0.5) is 14.9 Å². The Labute approximate surface area is 164 Å². The highest BCUT2D eigenvalue weighted by molar-refractivity contribution is 5.89. The van der Waals surface area contributed by atoms with Crippen molar-refractivity contribution in [1.29, 1.82) is 0 Å². The Morgan fingerprint density at radius 1 is 1.04 bits per heavy atom. The summed E-state index contributed by atoms with van der Waals surface area (Å²) in [5.74, 6) is -0.0169. The summed E-state index contributed by atoms with van der Waals surface area (Å²) in [6.45, 7) is 3.70. The van der Waals surface area contributed by atoms with Crippen LogP contribution in [0.1, 0.15) is 30.4 Å². The first-order valence-corrected chi connectivity index (χ1v) is 9.63. The van der Waals surface area contributed by atoms with Crippen LogP contribution in [0.5, 0.6) is 0 Å². The Kier molecular flexibility index (Phi) is 6.63. The zero-order valence-electron chi connectivity index (χ0n) is 16.1. The molecule has 0 spiro atoms. The summed E-state index contributed by atoms with van der Waals surface area (Å²) >= 11 is 0. The molecule has 0 bridgehead atoms. The maximum atomic E-state index is 12.9. The van der Waals surface area contributed by atoms with Gasteiger partial charge in [-0.3, -0.25) is 4.79 Å². The molecular formula is C22H26FN3O2. The molecule has 0 atom stereocenters. The average Bonchev–Trinajstić information content (AvgIpc) is 2.70. The second-order valence-corrected chi connectivity index (χ2v) is 7.33. The molecule has 1 saturated heterocycles. The van der Waals surface area contributed by atoms with Crippen LogP contribution in [0.2, 0.25) is 0 Å². The summed E-state index contributed by atoms with van der Waals surface area (Å²) in [6, 6.07) is 13.7. The summed E-state index contributed by atoms with van der Waals surface area (Å²) < 4.78 is 12.9. The summed E-state index contributed by atoms with van der Waals surface area (Å²) in [6.07, 6.45) is 2.07. The highest BCUT2D eigenvalue weighted by atomic mass is 19.1. The number of benzene rings is 2. The molecular weight excluding hydrogens is 357 g/mol. The van der Waals surface area contributed by atoms with Gasteiger partial charge in [0.25, 0.3) is 0 Å². The summed E-state index contributed by atoms with van der Waals surface area (Å²) in [7, 11) is 0. The van der Waals surface area contributed by atoms with Crippen LogP contribution < -0.4 is 10.6 Å². The number of halogens is 1. The smallest absolute Gasteiger partial charge is 0.321 e. The van der Waals surface area contributed by atoms with E-state index in [1.807, 2.05) is 31.2 Å². The fraction of sp³-hybridized carbons (Fsp3) is 0.364. The fourth-order valence-electron chi connectivity index (χ4n) is 3.32. The first-order valence-electron chi connectivity index (χ1n) is 9.63. The van der Waals surface area contributed by atoms with Crippen LogP contribution in [0, 0.1) is 18.7 Å². The molecule has 2 aromatic rings. The molecule has 1 aliphatic heterocycles. The normalized spacial score (nSPS) is 14.6. The molecule has 2 N–H and O–H groups in total. The number of aryl methyl sites for hydroxylation is 1. The van der Waals surface area contributed by atoms with E-state index < -0.39 is 0 Å². The highest BCUT2D eigenvalue weighted by Gasteiger charge is 2.24. The highest BCUT2D eigenvalue weighted by Crippen LogP contribution is 2.21. The van der Waals surface area contributed by atoms with Gasteiger partial charge in [0, 0.05) is 31.7 Å². The first-order chi connectivity index (χ1) is 13.5. The van der Waals surface area contributed by atoms with Crippen molar-refractivity contribution in [2.45, 2.75) is 32.7 Å². The van der Waals surface area contributed by atoms with E-state index in [2.05, 4.69) is 10.6 Å². The van der Waals surface area contributed by atoms with Crippen molar-refractivity contribution in [3.63, 3.8) is 0 Å². The first kappa shape index (κ1) is 19.9. The van der Waals surface area contributed by atoms with Crippen LogP contribution in [-0.4, -0.2) is 29.9 Å². The van der Waals surface area contributed by atoms with Gasteiger partial charge >= 0.3 is 6.03 Å². The Balaban J connectivity index is 1.38. The van der Waals surface area contributed by atoms with Gasteiger partial charge in [-0.2, -0.15) is 0 Å². The van der Waals surface area contributed by atoms with Gasteiger partial charge in [-0.1, -0.05) is 29.8 Å². The zero-order valence-corrected chi connectivity index (χ0v) is 16.1. The standard InChI is InChI=1S/C22H26FN3O2/c1-16-2-8-20(9-3-16)25-22(28)26-12-10-17(11-13-26)14-21(27)24-15-18-4-6-19(23)7-5-18/h2-9,17H,10-15H2,1H3,(H,24,27)(H,25,28). The fourth-order valence-corrected chi connectivity index (χ4v) is 3.32. The SMILES string of the molecule is Cc1ccc(NC(=O)N2CCC(CC(=O)NCc3ccc(F)cc3)CC2)cc1. The molecule has 1 heterocycles. The molecule has 5 nitrogen and oxygen atoms in total. The van der Waals surface area contributed by atoms with Crippen molar-refractivity contribution in [2.75, 3.05) is 18.4 Å². The lowest BCUT2D eigenvalue weighted by Crippen LogP contribution is -2.41. The quantitative estimate of drug-likeness (QED) is 0.817. The lowest BCUT2D eigenvalue weighted by molar-refractivity contribution is -0.122. The van der Waals surface area contributed by atoms with Gasteiger partial charge in [0.15, 0.2) is 0 Å². The van der Waals surface area contributed by atoms with Crippen LogP contribution in [-0.2, 0) is 11.3 Å². The maximum absolute atomic E-state index is 12.9. The summed E-state index contributed by atoms with van der Waals surface area (Å²) in [5, 5.41) is 5.80. The Morgan fingerprint density at radius 3 is 2.32 bits per heavy atom. The van der Waals surface area contributed by atoms with Crippen molar-refractivity contribution >= 4 is 17.6 Å². The van der Waals surface area contributed by atoms with Crippen molar-refractivity contribution in [3.05, 3.63) is 65.5 Å². The predicted molar refractivity (Wildman–Crippen MR) is 107 cm³/mol. The van der Waals surface area contributed by atoms with Crippen LogP contribution in [0.3, 0.4) is 0 Å². The average molecular weight is 383 g/mol. The molecule has 0 aromatic heterocycles. The Morgan fingerprint density at radius 2 is 1.68 bits per heavy atom. The summed E-state index contributed by atoms with van der Waals surface area (Å²) in [5.41, 5.74) is 2.81. The topological polar surface area (TPSA) is 61.4 Å². The molecule has 6 heteroatoms. The minimum atomic E-state index is -0.284. The number of amides is 3. The van der Waals surface area contributed by atoms with Gasteiger partial charge in [0.1, 0.15) is 5.82 Å². The van der Waals surface area contributed by atoms with Crippen molar-refractivity contribution in [2.24, 2.45) is 5.92 Å². The molecule has 1 aliphatic rings. The number of rotatable bonds is 5. The molecule has 2 aromatic carbocycles. The second-order valence-electron chi connectivity index (χ2n) is 7.33. The molecule has 3 amide bonds. The van der Waals surface area contributed by atoms with E-state index in [0.717, 1.165) is 29.7 Å². The van der Waals surface area contributed by atoms with Gasteiger partial charge < -0.3 is 15.5 Å². The van der Waals surface area contributed by atoms with Crippen LogP contribution in [0.25, 0.3) is 0 Å². The number of nitrogens with zero attached hydrogens (tertiary/aromatic N) is 1. The molecule has 148 valence electrons. The van der Waals surface area contributed by atoms with E-state index in [4.69, 9.17) is 0 Å². The third-order valence-corrected chi connectivity index (χ3v) is 5.08. The Hall–Kier alpha value is -2.89. The number of hydrogen-bond donors (Lipinski definition) is 2. The number of carbonyl (C=O) groups is 2. The van der Waals surface area contributed by atoms with Gasteiger partial charge in [-0.05, 0) is 55.5 Å². The third kappa shape index (κ3) is 5.81. The predicted octanol–water partition coefficient (Wildman–Crippen LogP) is 4.08. The van der Waals surface area contributed by atoms with Gasteiger partial charge in [-0.15, -0.1) is 0 Å². The Bertz CT molecular complexity index is 798. The van der Waals surface area contributed by atoms with Crippen LogP contribution in [0.15, 0.2) is 48.5 Å². The molecule has 0 saturated carbocycles. The van der Waals surface area contributed by atoms with E-state index >= 15 is 0 Å². The van der Waals surface area contributed by atoms with Crippen molar-refractivity contribution in [1.82, 2.24) is 10.2 Å². The third-order valence-electron chi connectivity index (χ3n) is 5.08. The van der Waals surface area contributed by atoms with Crippen LogP contribution >= 0.6 is 0 Å².